The van der Waals surface area contributed by atoms with Gasteiger partial charge in [0.2, 0.25) is 0 Å². The lowest BCUT2D eigenvalue weighted by Crippen LogP contribution is -2.45. The van der Waals surface area contributed by atoms with Crippen LogP contribution < -0.4 is 10.5 Å². The van der Waals surface area contributed by atoms with E-state index in [2.05, 4.69) is 14.7 Å². The first-order valence-electron chi connectivity index (χ1n) is 21.0. The van der Waals surface area contributed by atoms with Gasteiger partial charge in [-0.05, 0) is 165 Å². The van der Waals surface area contributed by atoms with Crippen LogP contribution in [0.5, 0.6) is 0 Å². The van der Waals surface area contributed by atoms with Crippen LogP contribution in [0.25, 0.3) is 0 Å². The molecule has 62 heavy (non-hydrogen) atoms. The molecule has 5 atom stereocenters. The lowest BCUT2D eigenvalue weighted by molar-refractivity contribution is -0.142. The minimum Gasteiger partial charge on any atom is -0.444 e. The largest absolute Gasteiger partial charge is 0.444 e. The summed E-state index contributed by atoms with van der Waals surface area (Å²) in [5.74, 6) is 0.333. The van der Waals surface area contributed by atoms with E-state index < -0.39 is 68.3 Å². The fourth-order valence-corrected chi connectivity index (χ4v) is 8.45. The second-order valence-electron chi connectivity index (χ2n) is 20.7. The molecule has 2 fully saturated rings. The van der Waals surface area contributed by atoms with E-state index in [4.69, 9.17) is 15.2 Å². The number of nitrogens with two attached hydrogens (primary N) is 1. The van der Waals surface area contributed by atoms with E-state index in [-0.39, 0.29) is 40.9 Å². The van der Waals surface area contributed by atoms with Gasteiger partial charge in [0, 0.05) is 30.2 Å². The summed E-state index contributed by atoms with van der Waals surface area (Å²) in [6, 6.07) is 6.36. The molecule has 0 radical (unpaired) electrons. The van der Waals surface area contributed by atoms with Gasteiger partial charge in [-0.3, -0.25) is 0 Å². The van der Waals surface area contributed by atoms with Crippen molar-refractivity contribution in [2.24, 2.45) is 17.6 Å². The normalized spacial score (nSPS) is 20.8. The third kappa shape index (κ3) is 15.9. The molecule has 0 spiro atoms. The zero-order valence-electron chi connectivity index (χ0n) is 38.5. The molecule has 0 aromatic carbocycles. The number of halogens is 6. The number of alkyl halides is 6. The summed E-state index contributed by atoms with van der Waals surface area (Å²) >= 11 is 0. The molecule has 4 rings (SSSR count). The van der Waals surface area contributed by atoms with Gasteiger partial charge in [0.15, 0.2) is 0 Å². The molecule has 3 unspecified atom stereocenters. The number of aromatic nitrogens is 2. The van der Waals surface area contributed by atoms with Gasteiger partial charge in [-0.2, -0.15) is 26.3 Å². The van der Waals surface area contributed by atoms with Gasteiger partial charge in [0.25, 0.3) is 0 Å². The van der Waals surface area contributed by atoms with E-state index >= 15 is 0 Å². The molecular weight excluding hydrogens is 839 g/mol. The Morgan fingerprint density at radius 1 is 0.726 bits per heavy atom. The summed E-state index contributed by atoms with van der Waals surface area (Å²) in [4.78, 5) is 36.1. The van der Waals surface area contributed by atoms with Crippen LogP contribution in [0.1, 0.15) is 163 Å². The van der Waals surface area contributed by atoms with Crippen molar-refractivity contribution < 1.29 is 49.6 Å². The number of carbonyl (C=O) groups is 2. The number of hydrogen-bond donors (Lipinski definition) is 2. The molecule has 0 saturated carbocycles. The van der Waals surface area contributed by atoms with Crippen molar-refractivity contribution in [2.75, 3.05) is 13.1 Å². The molecule has 2 aliphatic heterocycles. The molecule has 3 N–H and O–H groups in total. The molecule has 0 bridgehead atoms. The monoisotopic (exact) mass is 906 g/mol. The van der Waals surface area contributed by atoms with Crippen LogP contribution in [-0.4, -0.2) is 76.3 Å². The highest BCUT2D eigenvalue weighted by Gasteiger charge is 2.44. The van der Waals surface area contributed by atoms with Crippen LogP contribution in [0, 0.1) is 11.8 Å². The molecule has 2 aliphatic rings. The first-order chi connectivity index (χ1) is 28.0. The Labute approximate surface area is 366 Å². The predicted octanol–water partition coefficient (Wildman–Crippen LogP) is 10.9. The Bertz CT molecular complexity index is 1850. The molecular formula is C44H68F6N6O5S. The molecule has 18 heteroatoms. The molecule has 352 valence electrons. The van der Waals surface area contributed by atoms with Crippen molar-refractivity contribution in [2.45, 2.75) is 180 Å². The average Bonchev–Trinajstić information content (AvgIpc) is 3.59. The van der Waals surface area contributed by atoms with E-state index in [1.54, 1.807) is 30.6 Å². The van der Waals surface area contributed by atoms with Crippen LogP contribution in [0.15, 0.2) is 36.4 Å². The van der Waals surface area contributed by atoms with Crippen molar-refractivity contribution in [3.63, 3.8) is 0 Å². The minimum atomic E-state index is -4.56. The molecule has 11 nitrogen and oxygen atoms in total. The van der Waals surface area contributed by atoms with Crippen LogP contribution in [0.2, 0.25) is 0 Å². The third-order valence-corrected chi connectivity index (χ3v) is 12.2. The summed E-state index contributed by atoms with van der Waals surface area (Å²) in [6.45, 7) is 25.3. The Morgan fingerprint density at radius 3 is 1.50 bits per heavy atom. The summed E-state index contributed by atoms with van der Waals surface area (Å²) < 4.78 is 104. The van der Waals surface area contributed by atoms with Gasteiger partial charge < -0.3 is 25.0 Å². The van der Waals surface area contributed by atoms with Gasteiger partial charge in [-0.1, -0.05) is 12.1 Å². The zero-order chi connectivity index (χ0) is 47.4. The number of rotatable bonds is 10. The topological polar surface area (TPSA) is 140 Å². The maximum absolute atomic E-state index is 13.2. The standard InChI is InChI=1S/C24H38F3N3O3S.C20H30F3N3O2/c1-21(2,3)33-20(31)30-15-16(14-23(30,7)8)12-13-18(29-34(32)22(4,5)6)17-10-9-11-19(28-17)24(25,26)27;1-18(2,3)28-17(27)26-12-13(11-19(26,4)5)9-10-14(24)15-7-6-8-16(25-15)20(21,22)23/h9-11,16,18,29H,12-15H2,1-8H3;6-8,13-14H,9-12,24H2,1-5H3/t16-,18?,34?;13-,14?/m00/s1. The highest BCUT2D eigenvalue weighted by molar-refractivity contribution is 7.84. The first kappa shape index (κ1) is 52.8. The number of nitrogens with one attached hydrogen (secondary N) is 1. The van der Waals surface area contributed by atoms with Crippen LogP contribution in [0.4, 0.5) is 35.9 Å². The van der Waals surface area contributed by atoms with Gasteiger partial charge in [0.1, 0.15) is 22.6 Å². The third-order valence-electron chi connectivity index (χ3n) is 10.6. The number of carbonyl (C=O) groups excluding carboxylic acids is 2. The second-order valence-corrected chi connectivity index (χ2v) is 22.6. The summed E-state index contributed by atoms with van der Waals surface area (Å²) in [6.07, 6.45) is -6.00. The number of pyridine rings is 2. The number of ether oxygens (including phenoxy) is 2. The summed E-state index contributed by atoms with van der Waals surface area (Å²) in [5.41, 5.74) is 2.71. The lowest BCUT2D eigenvalue weighted by Gasteiger charge is -2.33. The van der Waals surface area contributed by atoms with Crippen LogP contribution in [0.3, 0.4) is 0 Å². The molecule has 2 amide bonds. The predicted molar refractivity (Wildman–Crippen MR) is 228 cm³/mol. The Kier molecular flexibility index (Phi) is 16.8. The van der Waals surface area contributed by atoms with Gasteiger partial charge in [-0.15, -0.1) is 0 Å². The zero-order valence-corrected chi connectivity index (χ0v) is 39.3. The van der Waals surface area contributed by atoms with Crippen LogP contribution in [-0.2, 0) is 32.8 Å². The average molecular weight is 907 g/mol. The number of likely N-dealkylation sites (tertiary alicyclic amines) is 2. The fourth-order valence-electron chi connectivity index (χ4n) is 7.60. The maximum Gasteiger partial charge on any atom is 0.433 e. The Hall–Kier alpha value is -3.51. The number of hydrogen-bond acceptors (Lipinski definition) is 8. The second kappa shape index (κ2) is 19.7. The minimum absolute atomic E-state index is 0.126. The van der Waals surface area contributed by atoms with Crippen molar-refractivity contribution in [1.82, 2.24) is 24.5 Å². The van der Waals surface area contributed by atoms with Crippen molar-refractivity contribution >= 4 is 23.2 Å². The van der Waals surface area contributed by atoms with Crippen LogP contribution >= 0.6 is 0 Å². The highest BCUT2D eigenvalue weighted by atomic mass is 32.2. The van der Waals surface area contributed by atoms with Crippen molar-refractivity contribution in [3.05, 3.63) is 59.2 Å². The number of amides is 2. The summed E-state index contributed by atoms with van der Waals surface area (Å²) in [7, 11) is -1.50. The SMILES string of the molecule is CC(C)(C)OC(=O)N1C[C@@H](CCC(N)c2cccc(C(F)(F)F)n2)CC1(C)C.CC(C)(C)OC(=O)N1C[C@@H](CCC(NS(=O)C(C)(C)C)c2cccc(C(F)(F)F)n2)CC1(C)C. The van der Waals surface area contributed by atoms with Crippen molar-refractivity contribution in [3.8, 4) is 0 Å². The van der Waals surface area contributed by atoms with E-state index in [1.165, 1.54) is 24.3 Å². The molecule has 4 heterocycles. The van der Waals surface area contributed by atoms with E-state index in [0.29, 0.717) is 38.8 Å². The van der Waals surface area contributed by atoms with Crippen molar-refractivity contribution in [1.29, 1.82) is 0 Å². The molecule has 2 aromatic rings. The molecule has 0 aliphatic carbocycles. The van der Waals surface area contributed by atoms with E-state index in [0.717, 1.165) is 25.0 Å². The number of nitrogens with zero attached hydrogens (tertiary/aromatic N) is 4. The van der Waals surface area contributed by atoms with E-state index in [1.807, 2.05) is 69.2 Å². The molecule has 2 aromatic heterocycles. The van der Waals surface area contributed by atoms with E-state index in [9.17, 15) is 40.1 Å². The smallest absolute Gasteiger partial charge is 0.433 e. The maximum atomic E-state index is 13.2. The fraction of sp³-hybridized carbons (Fsp3) is 0.727. The quantitative estimate of drug-likeness (QED) is 0.225. The Morgan fingerprint density at radius 2 is 1.11 bits per heavy atom. The molecule has 2 saturated heterocycles. The highest BCUT2D eigenvalue weighted by Crippen LogP contribution is 2.39. The van der Waals surface area contributed by atoms with Gasteiger partial charge in [0.05, 0.1) is 33.2 Å². The van der Waals surface area contributed by atoms with Gasteiger partial charge >= 0.3 is 24.5 Å². The summed E-state index contributed by atoms with van der Waals surface area (Å²) in [5, 5.41) is 0. The Balaban J connectivity index is 0.000000336. The lowest BCUT2D eigenvalue weighted by atomic mass is 9.91. The first-order valence-corrected chi connectivity index (χ1v) is 22.2. The van der Waals surface area contributed by atoms with Gasteiger partial charge in [-0.25, -0.2) is 28.5 Å².